The highest BCUT2D eigenvalue weighted by Crippen LogP contribution is 2.27. The number of ketones is 1. The van der Waals surface area contributed by atoms with E-state index in [-0.39, 0.29) is 39.9 Å². The predicted molar refractivity (Wildman–Crippen MR) is 120 cm³/mol. The van der Waals surface area contributed by atoms with Crippen LogP contribution in [0.25, 0.3) is 0 Å². The summed E-state index contributed by atoms with van der Waals surface area (Å²) in [6, 6.07) is 8.43. The summed E-state index contributed by atoms with van der Waals surface area (Å²) >= 11 is 6.12. The number of carbonyl (C=O) groups excluding carboxylic acids is 2. The Bertz CT molecular complexity index is 1100. The molecule has 0 bridgehead atoms. The number of nitrogens with zero attached hydrogens (tertiary/aromatic N) is 1. The number of sulfonamides is 1. The predicted octanol–water partition coefficient (Wildman–Crippen LogP) is 3.82. The monoisotopic (exact) mass is 483 g/mol. The van der Waals surface area contributed by atoms with Crippen LogP contribution in [0.5, 0.6) is 11.5 Å². The third-order valence-electron chi connectivity index (χ3n) is 4.83. The SMILES string of the molecule is CCN(CC)S(=O)(=O)c1ccc(Cl)c(C(=O)O[C@@H](C)C(=O)c2ccc(OC)cc2OC)c1. The van der Waals surface area contributed by atoms with Gasteiger partial charge in [-0.05, 0) is 37.3 Å². The molecular formula is C22H26ClNO7S. The number of methoxy groups -OCH3 is 2. The molecule has 8 nitrogen and oxygen atoms in total. The zero-order valence-electron chi connectivity index (χ0n) is 18.5. The molecule has 0 N–H and O–H groups in total. The summed E-state index contributed by atoms with van der Waals surface area (Å²) in [4.78, 5) is 25.5. The van der Waals surface area contributed by atoms with Crippen molar-refractivity contribution in [3.8, 4) is 11.5 Å². The van der Waals surface area contributed by atoms with Crippen LogP contribution in [0.15, 0.2) is 41.3 Å². The van der Waals surface area contributed by atoms with Crippen molar-refractivity contribution in [2.24, 2.45) is 0 Å². The lowest BCUT2D eigenvalue weighted by Crippen LogP contribution is -2.31. The van der Waals surface area contributed by atoms with Gasteiger partial charge in [0.05, 0.1) is 35.3 Å². The third-order valence-corrected chi connectivity index (χ3v) is 7.20. The summed E-state index contributed by atoms with van der Waals surface area (Å²) in [6.45, 7) is 5.39. The summed E-state index contributed by atoms with van der Waals surface area (Å²) in [5, 5.41) is 0.00942. The molecule has 0 aliphatic carbocycles. The highest BCUT2D eigenvalue weighted by Gasteiger charge is 2.27. The number of hydrogen-bond donors (Lipinski definition) is 0. The van der Waals surface area contributed by atoms with Crippen LogP contribution in [0.2, 0.25) is 5.02 Å². The summed E-state index contributed by atoms with van der Waals surface area (Å²) in [5.74, 6) is -0.649. The van der Waals surface area contributed by atoms with E-state index in [0.717, 1.165) is 6.07 Å². The van der Waals surface area contributed by atoms with Gasteiger partial charge in [-0.2, -0.15) is 4.31 Å². The van der Waals surface area contributed by atoms with Crippen molar-refractivity contribution in [1.82, 2.24) is 4.31 Å². The van der Waals surface area contributed by atoms with E-state index < -0.39 is 27.9 Å². The minimum atomic E-state index is -3.81. The van der Waals surface area contributed by atoms with Gasteiger partial charge in [-0.15, -0.1) is 0 Å². The van der Waals surface area contributed by atoms with Gasteiger partial charge in [0.2, 0.25) is 15.8 Å². The average Bonchev–Trinajstić information content (AvgIpc) is 2.78. The standard InChI is InChI=1S/C22H26ClNO7S/c1-6-24(7-2)32(27,28)16-9-11-19(23)18(13-16)22(26)31-14(3)21(25)17-10-8-15(29-4)12-20(17)30-5/h8-14H,6-7H2,1-5H3/t14-/m0/s1. The van der Waals surface area contributed by atoms with E-state index in [1.54, 1.807) is 26.0 Å². The normalized spacial score (nSPS) is 12.3. The van der Waals surface area contributed by atoms with E-state index >= 15 is 0 Å². The number of benzene rings is 2. The molecule has 0 aromatic heterocycles. The fourth-order valence-electron chi connectivity index (χ4n) is 3.03. The Labute approximate surface area is 193 Å². The second-order valence-corrected chi connectivity index (χ2v) is 9.05. The van der Waals surface area contributed by atoms with E-state index in [0.29, 0.717) is 5.75 Å². The molecule has 174 valence electrons. The first-order chi connectivity index (χ1) is 15.1. The van der Waals surface area contributed by atoms with Gasteiger partial charge in [0.1, 0.15) is 11.5 Å². The van der Waals surface area contributed by atoms with Crippen LogP contribution in [-0.2, 0) is 14.8 Å². The molecule has 2 rings (SSSR count). The van der Waals surface area contributed by atoms with Crippen molar-refractivity contribution in [1.29, 1.82) is 0 Å². The number of Topliss-reactive ketones (excluding diaryl/α,β-unsaturated/α-hetero) is 1. The maximum atomic E-state index is 12.8. The number of ether oxygens (including phenoxy) is 3. The van der Waals surface area contributed by atoms with Crippen molar-refractivity contribution in [2.75, 3.05) is 27.3 Å². The number of carbonyl (C=O) groups is 2. The van der Waals surface area contributed by atoms with Crippen LogP contribution in [-0.4, -0.2) is 57.9 Å². The first-order valence-electron chi connectivity index (χ1n) is 9.87. The lowest BCUT2D eigenvalue weighted by atomic mass is 10.1. The van der Waals surface area contributed by atoms with Crippen LogP contribution in [0.4, 0.5) is 0 Å². The second-order valence-electron chi connectivity index (χ2n) is 6.71. The van der Waals surface area contributed by atoms with Crippen LogP contribution in [0.1, 0.15) is 41.5 Å². The molecule has 0 fully saturated rings. The third kappa shape index (κ3) is 5.40. The van der Waals surface area contributed by atoms with Crippen LogP contribution >= 0.6 is 11.6 Å². The van der Waals surface area contributed by atoms with Gasteiger partial charge in [0, 0.05) is 19.2 Å². The van der Waals surface area contributed by atoms with Crippen LogP contribution in [0, 0.1) is 0 Å². The molecule has 2 aromatic carbocycles. The molecule has 0 spiro atoms. The van der Waals surface area contributed by atoms with Gasteiger partial charge in [0.25, 0.3) is 0 Å². The van der Waals surface area contributed by atoms with Gasteiger partial charge in [-0.1, -0.05) is 25.4 Å². The highest BCUT2D eigenvalue weighted by molar-refractivity contribution is 7.89. The largest absolute Gasteiger partial charge is 0.497 e. The summed E-state index contributed by atoms with van der Waals surface area (Å²) in [6.07, 6.45) is -1.18. The molecule has 0 aliphatic heterocycles. The van der Waals surface area contributed by atoms with Gasteiger partial charge < -0.3 is 14.2 Å². The summed E-state index contributed by atoms with van der Waals surface area (Å²) in [7, 11) is -0.914. The number of esters is 1. The van der Waals surface area contributed by atoms with Crippen molar-refractivity contribution >= 4 is 33.4 Å². The van der Waals surface area contributed by atoms with Gasteiger partial charge in [-0.25, -0.2) is 13.2 Å². The summed E-state index contributed by atoms with van der Waals surface area (Å²) < 4.78 is 42.4. The van der Waals surface area contributed by atoms with Crippen molar-refractivity contribution < 1.29 is 32.2 Å². The molecular weight excluding hydrogens is 458 g/mol. The van der Waals surface area contributed by atoms with Crippen LogP contribution < -0.4 is 9.47 Å². The molecule has 10 heteroatoms. The Kier molecular flexibility index (Phi) is 8.65. The molecule has 0 aliphatic rings. The maximum Gasteiger partial charge on any atom is 0.340 e. The molecule has 0 radical (unpaired) electrons. The van der Waals surface area contributed by atoms with E-state index in [1.165, 1.54) is 43.6 Å². The van der Waals surface area contributed by atoms with Crippen molar-refractivity contribution in [2.45, 2.75) is 31.8 Å². The lowest BCUT2D eigenvalue weighted by molar-refractivity contribution is 0.0317. The molecule has 2 aromatic rings. The molecule has 0 saturated carbocycles. The topological polar surface area (TPSA) is 99.2 Å². The zero-order valence-corrected chi connectivity index (χ0v) is 20.1. The Morgan fingerprint density at radius 2 is 1.66 bits per heavy atom. The average molecular weight is 484 g/mol. The smallest absolute Gasteiger partial charge is 0.340 e. The van der Waals surface area contributed by atoms with Gasteiger partial charge in [0.15, 0.2) is 6.10 Å². The Morgan fingerprint density at radius 3 is 2.22 bits per heavy atom. The Balaban J connectivity index is 2.30. The van der Waals surface area contributed by atoms with Gasteiger partial charge >= 0.3 is 5.97 Å². The minimum Gasteiger partial charge on any atom is -0.497 e. The summed E-state index contributed by atoms with van der Waals surface area (Å²) in [5.41, 5.74) is 0.0544. The molecule has 0 unspecified atom stereocenters. The number of halogens is 1. The fourth-order valence-corrected chi connectivity index (χ4v) is 4.71. The zero-order chi connectivity index (χ0) is 24.1. The van der Waals surface area contributed by atoms with Crippen molar-refractivity contribution in [3.63, 3.8) is 0 Å². The van der Waals surface area contributed by atoms with E-state index in [4.69, 9.17) is 25.8 Å². The second kappa shape index (κ2) is 10.8. The first-order valence-corrected chi connectivity index (χ1v) is 11.7. The van der Waals surface area contributed by atoms with E-state index in [1.807, 2.05) is 0 Å². The Hall–Kier alpha value is -2.62. The molecule has 32 heavy (non-hydrogen) atoms. The van der Waals surface area contributed by atoms with Gasteiger partial charge in [-0.3, -0.25) is 4.79 Å². The lowest BCUT2D eigenvalue weighted by Gasteiger charge is -2.19. The van der Waals surface area contributed by atoms with E-state index in [9.17, 15) is 18.0 Å². The number of rotatable bonds is 10. The maximum absolute atomic E-state index is 12.8. The molecule has 0 amide bonds. The quantitative estimate of drug-likeness (QED) is 0.374. The van der Waals surface area contributed by atoms with E-state index in [2.05, 4.69) is 0 Å². The first kappa shape index (κ1) is 25.6. The molecule has 1 atom stereocenters. The fraction of sp³-hybridized carbons (Fsp3) is 0.364. The van der Waals surface area contributed by atoms with Crippen molar-refractivity contribution in [3.05, 3.63) is 52.5 Å². The minimum absolute atomic E-state index is 0.00942. The Morgan fingerprint density at radius 1 is 1.00 bits per heavy atom. The molecule has 0 saturated heterocycles. The molecule has 0 heterocycles. The number of hydrogen-bond acceptors (Lipinski definition) is 7. The highest BCUT2D eigenvalue weighted by atomic mass is 35.5. The van der Waals surface area contributed by atoms with Crippen LogP contribution in [0.3, 0.4) is 0 Å².